The largest absolute Gasteiger partial charge is 0.381 e. The first kappa shape index (κ1) is 13.0. The molecule has 5 heteroatoms. The van der Waals surface area contributed by atoms with E-state index >= 15 is 0 Å². The van der Waals surface area contributed by atoms with Gasteiger partial charge in [-0.3, -0.25) is 0 Å². The molecule has 1 saturated heterocycles. The van der Waals surface area contributed by atoms with Crippen molar-refractivity contribution in [2.24, 2.45) is 5.41 Å². The predicted molar refractivity (Wildman–Crippen MR) is 70.4 cm³/mol. The minimum atomic E-state index is 0.192. The van der Waals surface area contributed by atoms with Crippen molar-refractivity contribution in [3.05, 3.63) is 12.2 Å². The van der Waals surface area contributed by atoms with E-state index in [1.165, 1.54) is 6.42 Å². The van der Waals surface area contributed by atoms with Gasteiger partial charge >= 0.3 is 0 Å². The summed E-state index contributed by atoms with van der Waals surface area (Å²) in [5.74, 6) is 1.07. The molecule has 0 spiro atoms. The molecule has 0 saturated carbocycles. The summed E-state index contributed by atoms with van der Waals surface area (Å²) in [6.45, 7) is 5.99. The van der Waals surface area contributed by atoms with Gasteiger partial charge in [0.15, 0.2) is 0 Å². The molecule has 1 unspecified atom stereocenters. The van der Waals surface area contributed by atoms with Gasteiger partial charge in [0, 0.05) is 29.8 Å². The minimum absolute atomic E-state index is 0.192. The van der Waals surface area contributed by atoms with Gasteiger partial charge in [0.25, 0.3) is 0 Å². The molecular weight excluding hydrogens is 282 g/mol. The quantitative estimate of drug-likeness (QED) is 0.803. The van der Waals surface area contributed by atoms with Gasteiger partial charge in [0.1, 0.15) is 12.2 Å². The van der Waals surface area contributed by atoms with Gasteiger partial charge in [0.05, 0.1) is 6.61 Å². The molecule has 2 heterocycles. The Morgan fingerprint density at radius 2 is 2.41 bits per heavy atom. The van der Waals surface area contributed by atoms with E-state index in [0.29, 0.717) is 6.04 Å². The van der Waals surface area contributed by atoms with Gasteiger partial charge < -0.3 is 4.74 Å². The Bertz CT molecular complexity index is 358. The minimum Gasteiger partial charge on any atom is -0.381 e. The highest BCUT2D eigenvalue weighted by molar-refractivity contribution is 9.09. The summed E-state index contributed by atoms with van der Waals surface area (Å²) in [7, 11) is 0. The van der Waals surface area contributed by atoms with Crippen molar-refractivity contribution in [2.45, 2.75) is 39.2 Å². The Balaban J connectivity index is 2.14. The number of rotatable bonds is 4. The monoisotopic (exact) mass is 301 g/mol. The number of hydrogen-bond acceptors (Lipinski definition) is 3. The van der Waals surface area contributed by atoms with Crippen molar-refractivity contribution in [2.75, 3.05) is 18.5 Å². The third-order valence-electron chi connectivity index (χ3n) is 3.36. The van der Waals surface area contributed by atoms with Gasteiger partial charge in [-0.2, -0.15) is 5.10 Å². The molecule has 1 aliphatic rings. The SMILES string of the molecule is CC(C)n1ncnc1CC1(CBr)CCCOC1. The molecule has 1 atom stereocenters. The summed E-state index contributed by atoms with van der Waals surface area (Å²) in [6, 6.07) is 0.365. The number of aromatic nitrogens is 3. The molecule has 0 radical (unpaired) electrons. The summed E-state index contributed by atoms with van der Waals surface area (Å²) < 4.78 is 7.65. The van der Waals surface area contributed by atoms with Crippen LogP contribution in [0, 0.1) is 5.41 Å². The van der Waals surface area contributed by atoms with Crippen LogP contribution in [0.15, 0.2) is 6.33 Å². The van der Waals surface area contributed by atoms with E-state index in [2.05, 4.69) is 39.9 Å². The third-order valence-corrected chi connectivity index (χ3v) is 4.55. The molecule has 0 aromatic carbocycles. The van der Waals surface area contributed by atoms with E-state index in [1.54, 1.807) is 6.33 Å². The molecule has 1 aliphatic heterocycles. The van der Waals surface area contributed by atoms with Crippen molar-refractivity contribution >= 4 is 15.9 Å². The lowest BCUT2D eigenvalue weighted by molar-refractivity contribution is 0.00455. The Labute approximate surface area is 111 Å². The predicted octanol–water partition coefficient (Wildman–Crippen LogP) is 2.59. The molecule has 1 aromatic rings. The lowest BCUT2D eigenvalue weighted by atomic mass is 9.81. The van der Waals surface area contributed by atoms with Gasteiger partial charge in [-0.15, -0.1) is 0 Å². The molecular formula is C12H20BrN3O. The molecule has 1 aromatic heterocycles. The van der Waals surface area contributed by atoms with Gasteiger partial charge in [-0.05, 0) is 26.7 Å². The van der Waals surface area contributed by atoms with E-state index in [-0.39, 0.29) is 5.41 Å². The smallest absolute Gasteiger partial charge is 0.138 e. The molecule has 4 nitrogen and oxygen atoms in total. The normalized spacial score (nSPS) is 25.4. The van der Waals surface area contributed by atoms with Gasteiger partial charge in [-0.1, -0.05) is 15.9 Å². The first-order valence-electron chi connectivity index (χ1n) is 6.19. The zero-order valence-electron chi connectivity index (χ0n) is 10.5. The molecule has 0 amide bonds. The van der Waals surface area contributed by atoms with Crippen molar-refractivity contribution in [1.82, 2.24) is 14.8 Å². The van der Waals surface area contributed by atoms with Crippen LogP contribution in [0.1, 0.15) is 38.6 Å². The van der Waals surface area contributed by atoms with E-state index < -0.39 is 0 Å². The second kappa shape index (κ2) is 5.48. The maximum Gasteiger partial charge on any atom is 0.138 e. The lowest BCUT2D eigenvalue weighted by Crippen LogP contribution is -2.36. The topological polar surface area (TPSA) is 39.9 Å². The number of alkyl halides is 1. The summed E-state index contributed by atoms with van der Waals surface area (Å²) >= 11 is 3.64. The van der Waals surface area contributed by atoms with Crippen molar-refractivity contribution in [1.29, 1.82) is 0 Å². The number of nitrogens with zero attached hydrogens (tertiary/aromatic N) is 3. The summed E-state index contributed by atoms with van der Waals surface area (Å²) in [6.07, 6.45) is 4.93. The maximum atomic E-state index is 5.64. The van der Waals surface area contributed by atoms with E-state index in [4.69, 9.17) is 4.74 Å². The molecule has 0 aliphatic carbocycles. The maximum absolute atomic E-state index is 5.64. The van der Waals surface area contributed by atoms with Gasteiger partial charge in [-0.25, -0.2) is 9.67 Å². The van der Waals surface area contributed by atoms with Crippen LogP contribution in [0.5, 0.6) is 0 Å². The van der Waals surface area contributed by atoms with Crippen LogP contribution < -0.4 is 0 Å². The fraction of sp³-hybridized carbons (Fsp3) is 0.833. The molecule has 2 rings (SSSR count). The van der Waals surface area contributed by atoms with Crippen LogP contribution in [0.3, 0.4) is 0 Å². The van der Waals surface area contributed by atoms with Crippen molar-refractivity contribution < 1.29 is 4.74 Å². The van der Waals surface area contributed by atoms with E-state index in [1.807, 2.05) is 4.68 Å². The number of hydrogen-bond donors (Lipinski definition) is 0. The Hall–Kier alpha value is -0.420. The molecule has 96 valence electrons. The molecule has 0 N–H and O–H groups in total. The van der Waals surface area contributed by atoms with Crippen LogP contribution in [-0.2, 0) is 11.2 Å². The summed E-state index contributed by atoms with van der Waals surface area (Å²) in [5.41, 5.74) is 0.192. The van der Waals surface area contributed by atoms with E-state index in [0.717, 1.165) is 37.2 Å². The summed E-state index contributed by atoms with van der Waals surface area (Å²) in [5, 5.41) is 5.26. The average Bonchev–Trinajstić information content (AvgIpc) is 2.78. The first-order valence-corrected chi connectivity index (χ1v) is 7.31. The Kier molecular flexibility index (Phi) is 4.20. The van der Waals surface area contributed by atoms with Crippen LogP contribution in [0.25, 0.3) is 0 Å². The highest BCUT2D eigenvalue weighted by Gasteiger charge is 2.33. The zero-order chi connectivity index (χ0) is 12.3. The van der Waals surface area contributed by atoms with Crippen LogP contribution in [0.4, 0.5) is 0 Å². The number of halogens is 1. The Morgan fingerprint density at radius 3 is 3.00 bits per heavy atom. The second-order valence-corrected chi connectivity index (χ2v) is 5.74. The molecule has 0 bridgehead atoms. The average molecular weight is 302 g/mol. The second-order valence-electron chi connectivity index (χ2n) is 5.18. The number of ether oxygens (including phenoxy) is 1. The van der Waals surface area contributed by atoms with Crippen molar-refractivity contribution in [3.63, 3.8) is 0 Å². The fourth-order valence-electron chi connectivity index (χ4n) is 2.37. The molecule has 1 fully saturated rings. The summed E-state index contributed by atoms with van der Waals surface area (Å²) in [4.78, 5) is 4.40. The molecule has 17 heavy (non-hydrogen) atoms. The standard InChI is InChI=1S/C12H20BrN3O/c1-10(2)16-11(14-9-15-16)6-12(7-13)4-3-5-17-8-12/h9-10H,3-8H2,1-2H3. The Morgan fingerprint density at radius 1 is 1.59 bits per heavy atom. The van der Waals surface area contributed by atoms with Crippen LogP contribution in [-0.4, -0.2) is 33.3 Å². The zero-order valence-corrected chi connectivity index (χ0v) is 12.1. The van der Waals surface area contributed by atoms with E-state index in [9.17, 15) is 0 Å². The third kappa shape index (κ3) is 2.88. The van der Waals surface area contributed by atoms with Gasteiger partial charge in [0.2, 0.25) is 0 Å². The van der Waals surface area contributed by atoms with Crippen LogP contribution in [0.2, 0.25) is 0 Å². The van der Waals surface area contributed by atoms with Crippen LogP contribution >= 0.6 is 15.9 Å². The highest BCUT2D eigenvalue weighted by atomic mass is 79.9. The first-order chi connectivity index (χ1) is 8.17. The highest BCUT2D eigenvalue weighted by Crippen LogP contribution is 2.34. The van der Waals surface area contributed by atoms with Crippen molar-refractivity contribution in [3.8, 4) is 0 Å². The fourth-order valence-corrected chi connectivity index (χ4v) is 3.01. The lowest BCUT2D eigenvalue weighted by Gasteiger charge is -2.35.